The number of fused-ring (bicyclic) bond motifs is 1. The molecule has 9 heteroatoms. The first kappa shape index (κ1) is 17.7. The predicted molar refractivity (Wildman–Crippen MR) is 94.5 cm³/mol. The standard InChI is InChI=1S/C16H22N4O4S/c1-25(23,24)20-6-4-11(5-7-20)9-15(21)17-10-12-2-3-13-14(8-12)19-16(22)18-13/h2-3,8,11H,4-7,9-10H2,1H3,(H,17,21)(H2,18,19,22). The highest BCUT2D eigenvalue weighted by Crippen LogP contribution is 2.22. The Morgan fingerprint density at radius 3 is 2.60 bits per heavy atom. The van der Waals surface area contributed by atoms with Crippen molar-refractivity contribution in [3.63, 3.8) is 0 Å². The lowest BCUT2D eigenvalue weighted by atomic mass is 9.94. The molecule has 0 radical (unpaired) electrons. The molecule has 0 spiro atoms. The minimum absolute atomic E-state index is 0.0412. The molecule has 1 fully saturated rings. The summed E-state index contributed by atoms with van der Waals surface area (Å²) in [5, 5.41) is 2.89. The van der Waals surface area contributed by atoms with Crippen LogP contribution >= 0.6 is 0 Å². The molecule has 1 aromatic heterocycles. The normalized spacial score (nSPS) is 17.0. The molecule has 136 valence electrons. The molecule has 1 aliphatic rings. The summed E-state index contributed by atoms with van der Waals surface area (Å²) in [6.45, 7) is 1.35. The van der Waals surface area contributed by atoms with Gasteiger partial charge in [0.2, 0.25) is 15.9 Å². The highest BCUT2D eigenvalue weighted by atomic mass is 32.2. The molecule has 2 heterocycles. The number of nitrogens with zero attached hydrogens (tertiary/aromatic N) is 1. The fraction of sp³-hybridized carbons (Fsp3) is 0.500. The molecule has 1 aliphatic heterocycles. The van der Waals surface area contributed by atoms with Gasteiger partial charge < -0.3 is 15.3 Å². The van der Waals surface area contributed by atoms with Crippen molar-refractivity contribution in [2.75, 3.05) is 19.3 Å². The van der Waals surface area contributed by atoms with E-state index in [0.29, 0.717) is 44.4 Å². The lowest BCUT2D eigenvalue weighted by molar-refractivity contribution is -0.122. The van der Waals surface area contributed by atoms with Gasteiger partial charge in [-0.3, -0.25) is 4.79 Å². The Bertz CT molecular complexity index is 923. The second kappa shape index (κ2) is 7.01. The van der Waals surface area contributed by atoms with E-state index in [1.165, 1.54) is 10.6 Å². The summed E-state index contributed by atoms with van der Waals surface area (Å²) in [5.74, 6) is 0.168. The van der Waals surface area contributed by atoms with Gasteiger partial charge in [-0.15, -0.1) is 0 Å². The largest absolute Gasteiger partial charge is 0.352 e. The summed E-state index contributed by atoms with van der Waals surface area (Å²) in [4.78, 5) is 28.7. The van der Waals surface area contributed by atoms with E-state index in [-0.39, 0.29) is 17.5 Å². The van der Waals surface area contributed by atoms with Crippen LogP contribution in [0, 0.1) is 5.92 Å². The number of rotatable bonds is 5. The number of aromatic nitrogens is 2. The van der Waals surface area contributed by atoms with Crippen molar-refractivity contribution in [2.45, 2.75) is 25.8 Å². The van der Waals surface area contributed by atoms with Crippen LogP contribution in [0.5, 0.6) is 0 Å². The van der Waals surface area contributed by atoms with E-state index in [0.717, 1.165) is 11.1 Å². The number of carbonyl (C=O) groups excluding carboxylic acids is 1. The van der Waals surface area contributed by atoms with Crippen molar-refractivity contribution < 1.29 is 13.2 Å². The van der Waals surface area contributed by atoms with E-state index in [4.69, 9.17) is 0 Å². The van der Waals surface area contributed by atoms with Crippen molar-refractivity contribution in [1.29, 1.82) is 0 Å². The first-order chi connectivity index (χ1) is 11.8. The number of sulfonamides is 1. The van der Waals surface area contributed by atoms with E-state index in [1.807, 2.05) is 12.1 Å². The number of aromatic amines is 2. The Kier molecular flexibility index (Phi) is 4.96. The van der Waals surface area contributed by atoms with Gasteiger partial charge in [-0.1, -0.05) is 6.07 Å². The molecular weight excluding hydrogens is 344 g/mol. The number of hydrogen-bond donors (Lipinski definition) is 3. The zero-order valence-electron chi connectivity index (χ0n) is 14.0. The molecule has 0 bridgehead atoms. The van der Waals surface area contributed by atoms with Gasteiger partial charge in [0.15, 0.2) is 0 Å². The summed E-state index contributed by atoms with van der Waals surface area (Å²) in [5.41, 5.74) is 2.10. The van der Waals surface area contributed by atoms with Crippen LogP contribution in [0.2, 0.25) is 0 Å². The summed E-state index contributed by atoms with van der Waals surface area (Å²) in [7, 11) is -3.14. The molecule has 1 saturated heterocycles. The minimum Gasteiger partial charge on any atom is -0.352 e. The zero-order valence-corrected chi connectivity index (χ0v) is 14.9. The highest BCUT2D eigenvalue weighted by molar-refractivity contribution is 7.88. The molecule has 0 saturated carbocycles. The SMILES string of the molecule is CS(=O)(=O)N1CCC(CC(=O)NCc2ccc3[nH]c(=O)[nH]c3c2)CC1. The monoisotopic (exact) mass is 366 g/mol. The minimum atomic E-state index is -3.14. The molecule has 3 N–H and O–H groups in total. The number of H-pyrrole nitrogens is 2. The average Bonchev–Trinajstić information content (AvgIpc) is 2.92. The van der Waals surface area contributed by atoms with Gasteiger partial charge in [0.1, 0.15) is 0 Å². The van der Waals surface area contributed by atoms with Gasteiger partial charge in [-0.05, 0) is 36.5 Å². The number of carbonyl (C=O) groups is 1. The molecular formula is C16H22N4O4S. The van der Waals surface area contributed by atoms with Crippen LogP contribution in [0.3, 0.4) is 0 Å². The first-order valence-electron chi connectivity index (χ1n) is 8.24. The number of imidazole rings is 1. The molecule has 8 nitrogen and oxygen atoms in total. The molecule has 1 aromatic carbocycles. The summed E-state index contributed by atoms with van der Waals surface area (Å²) >= 11 is 0. The summed E-state index contributed by atoms with van der Waals surface area (Å²) < 4.78 is 24.4. The fourth-order valence-corrected chi connectivity index (χ4v) is 4.04. The second-order valence-electron chi connectivity index (χ2n) is 6.55. The van der Waals surface area contributed by atoms with Crippen LogP contribution in [0.1, 0.15) is 24.8 Å². The lowest BCUT2D eigenvalue weighted by Gasteiger charge is -2.29. The molecule has 1 amide bonds. The van der Waals surface area contributed by atoms with Gasteiger partial charge in [0.05, 0.1) is 17.3 Å². The maximum atomic E-state index is 12.1. The highest BCUT2D eigenvalue weighted by Gasteiger charge is 2.26. The Labute approximate surface area is 145 Å². The maximum absolute atomic E-state index is 12.1. The quantitative estimate of drug-likeness (QED) is 0.716. The van der Waals surface area contributed by atoms with E-state index in [9.17, 15) is 18.0 Å². The van der Waals surface area contributed by atoms with Crippen molar-refractivity contribution in [3.05, 3.63) is 34.2 Å². The number of nitrogens with one attached hydrogen (secondary N) is 3. The van der Waals surface area contributed by atoms with Crippen LogP contribution < -0.4 is 11.0 Å². The summed E-state index contributed by atoms with van der Waals surface area (Å²) in [6.07, 6.45) is 3.03. The molecule has 0 atom stereocenters. The lowest BCUT2D eigenvalue weighted by Crippen LogP contribution is -2.39. The number of hydrogen-bond acceptors (Lipinski definition) is 4. The van der Waals surface area contributed by atoms with Crippen LogP contribution in [0.15, 0.2) is 23.0 Å². The van der Waals surface area contributed by atoms with Crippen LogP contribution in [-0.4, -0.2) is 47.9 Å². The van der Waals surface area contributed by atoms with Crippen LogP contribution in [0.4, 0.5) is 0 Å². The van der Waals surface area contributed by atoms with Gasteiger partial charge >= 0.3 is 5.69 Å². The van der Waals surface area contributed by atoms with Gasteiger partial charge in [-0.25, -0.2) is 17.5 Å². The Morgan fingerprint density at radius 2 is 1.92 bits per heavy atom. The topological polar surface area (TPSA) is 115 Å². The Morgan fingerprint density at radius 1 is 1.24 bits per heavy atom. The van der Waals surface area contributed by atoms with Crippen molar-refractivity contribution in [1.82, 2.24) is 19.6 Å². The molecule has 3 rings (SSSR count). The third-order valence-corrected chi connectivity index (χ3v) is 5.89. The van der Waals surface area contributed by atoms with E-state index in [2.05, 4.69) is 15.3 Å². The first-order valence-corrected chi connectivity index (χ1v) is 10.1. The molecule has 0 unspecified atom stereocenters. The second-order valence-corrected chi connectivity index (χ2v) is 8.53. The van der Waals surface area contributed by atoms with Gasteiger partial charge in [-0.2, -0.15) is 0 Å². The number of piperidine rings is 1. The third-order valence-electron chi connectivity index (χ3n) is 4.59. The summed E-state index contributed by atoms with van der Waals surface area (Å²) in [6, 6.07) is 5.49. The van der Waals surface area contributed by atoms with Crippen LogP contribution in [0.25, 0.3) is 11.0 Å². The van der Waals surface area contributed by atoms with E-state index >= 15 is 0 Å². The average molecular weight is 366 g/mol. The smallest absolute Gasteiger partial charge is 0.323 e. The van der Waals surface area contributed by atoms with Crippen molar-refractivity contribution in [2.24, 2.45) is 5.92 Å². The maximum Gasteiger partial charge on any atom is 0.323 e. The molecule has 0 aliphatic carbocycles. The Hall–Kier alpha value is -2.13. The molecule has 2 aromatic rings. The van der Waals surface area contributed by atoms with Crippen LogP contribution in [-0.2, 0) is 21.4 Å². The van der Waals surface area contributed by atoms with E-state index in [1.54, 1.807) is 6.07 Å². The zero-order chi connectivity index (χ0) is 18.0. The third kappa shape index (κ3) is 4.49. The van der Waals surface area contributed by atoms with E-state index < -0.39 is 10.0 Å². The van der Waals surface area contributed by atoms with Gasteiger partial charge in [0.25, 0.3) is 0 Å². The van der Waals surface area contributed by atoms with Crippen molar-refractivity contribution in [3.8, 4) is 0 Å². The Balaban J connectivity index is 1.48. The number of benzene rings is 1. The van der Waals surface area contributed by atoms with Crippen molar-refractivity contribution >= 4 is 27.0 Å². The fourth-order valence-electron chi connectivity index (χ4n) is 3.17. The predicted octanol–water partition coefficient (Wildman–Crippen LogP) is 0.534. The van der Waals surface area contributed by atoms with Gasteiger partial charge in [0, 0.05) is 26.1 Å². The molecule has 25 heavy (non-hydrogen) atoms. The number of amides is 1.